The second-order valence-electron chi connectivity index (χ2n) is 8.02. The summed E-state index contributed by atoms with van der Waals surface area (Å²) in [5, 5.41) is 12.7. The predicted molar refractivity (Wildman–Crippen MR) is 120 cm³/mol. The largest absolute Gasteiger partial charge is 1.00 e. The van der Waals surface area contributed by atoms with Gasteiger partial charge in [-0.2, -0.15) is 0 Å². The van der Waals surface area contributed by atoms with Gasteiger partial charge in [0.15, 0.2) is 0 Å². The van der Waals surface area contributed by atoms with E-state index in [0.29, 0.717) is 12.2 Å². The van der Waals surface area contributed by atoms with Crippen LogP contribution >= 0.6 is 0 Å². The van der Waals surface area contributed by atoms with Gasteiger partial charge in [0.2, 0.25) is 0 Å². The van der Waals surface area contributed by atoms with Crippen molar-refractivity contribution < 1.29 is 30.8 Å². The normalized spacial score (nSPS) is 15.9. The summed E-state index contributed by atoms with van der Waals surface area (Å²) in [6.07, 6.45) is 2.83. The molecule has 7 heteroatoms. The molecule has 3 aromatic rings. The molecule has 1 atom stereocenters. The number of nitrogens with one attached hydrogen (secondary N) is 1. The van der Waals surface area contributed by atoms with Crippen LogP contribution in [0.4, 0.5) is 5.69 Å². The molecule has 0 spiro atoms. The van der Waals surface area contributed by atoms with E-state index in [1.165, 1.54) is 15.6 Å². The lowest BCUT2D eigenvalue weighted by Gasteiger charge is -2.30. The third kappa shape index (κ3) is 5.39. The Hall–Kier alpha value is -2.12. The van der Waals surface area contributed by atoms with Gasteiger partial charge in [0, 0.05) is 5.39 Å². The van der Waals surface area contributed by atoms with E-state index >= 15 is 0 Å². The first-order chi connectivity index (χ1) is 14.6. The van der Waals surface area contributed by atoms with E-state index in [1.807, 2.05) is 42.5 Å². The Morgan fingerprint density at radius 1 is 0.871 bits per heavy atom. The van der Waals surface area contributed by atoms with Gasteiger partial charge in [-0.1, -0.05) is 54.6 Å². The maximum absolute atomic E-state index is 13.6. The molecule has 1 aliphatic rings. The average Bonchev–Trinajstić information content (AvgIpc) is 2.78. The molecule has 166 valence electrons. The molecule has 0 amide bonds. The van der Waals surface area contributed by atoms with Crippen LogP contribution in [0.5, 0.6) is 0 Å². The molecule has 2 N–H and O–H groups in total. The summed E-state index contributed by atoms with van der Waals surface area (Å²) >= 11 is 0. The standard InChI is InChI=1S/C24H28N2O3S.ClH/c27-21(18-25-16-7-2-8-17-25)19-26(30(28,29)22-12-3-1-4-13-22)24-15-9-11-20-10-5-6-14-23(20)24;/h1,3-6,9-15,21,27H,2,7-8,16-19H2;1H. The summed E-state index contributed by atoms with van der Waals surface area (Å²) in [5.41, 5.74) is 0.602. The van der Waals surface area contributed by atoms with Crippen LogP contribution in [-0.2, 0) is 10.0 Å². The summed E-state index contributed by atoms with van der Waals surface area (Å²) in [7, 11) is -3.82. The smallest absolute Gasteiger partial charge is 0.264 e. The molecule has 3 aromatic carbocycles. The van der Waals surface area contributed by atoms with Gasteiger partial charge in [-0.15, -0.1) is 0 Å². The molecular formula is C24H29ClN2O3S. The first-order valence-corrected chi connectivity index (χ1v) is 12.1. The number of rotatable bonds is 7. The van der Waals surface area contributed by atoms with Crippen molar-refractivity contribution in [3.63, 3.8) is 0 Å². The minimum Gasteiger partial charge on any atom is -1.00 e. The summed E-state index contributed by atoms with van der Waals surface area (Å²) < 4.78 is 28.6. The zero-order chi connectivity index (χ0) is 21.0. The Bertz CT molecular complexity index is 1080. The zero-order valence-electron chi connectivity index (χ0n) is 17.5. The molecule has 0 aliphatic carbocycles. The number of quaternary nitrogens is 1. The van der Waals surface area contributed by atoms with Crippen LogP contribution < -0.4 is 21.6 Å². The van der Waals surface area contributed by atoms with E-state index < -0.39 is 16.1 Å². The molecule has 1 saturated heterocycles. The van der Waals surface area contributed by atoms with Gasteiger partial charge < -0.3 is 22.4 Å². The summed E-state index contributed by atoms with van der Waals surface area (Å²) in [4.78, 5) is 1.58. The van der Waals surface area contributed by atoms with Gasteiger partial charge in [0.05, 0.1) is 30.2 Å². The number of aliphatic hydroxyl groups excluding tert-OH is 1. The van der Waals surface area contributed by atoms with Crippen LogP contribution in [0.3, 0.4) is 0 Å². The van der Waals surface area contributed by atoms with Crippen molar-refractivity contribution in [3.05, 3.63) is 72.8 Å². The van der Waals surface area contributed by atoms with E-state index in [0.717, 1.165) is 36.7 Å². The molecule has 0 aromatic heterocycles. The fraction of sp³-hybridized carbons (Fsp3) is 0.333. The molecule has 0 saturated carbocycles. The number of hydrogen-bond acceptors (Lipinski definition) is 3. The van der Waals surface area contributed by atoms with Crippen LogP contribution in [0.2, 0.25) is 0 Å². The molecule has 1 heterocycles. The number of benzene rings is 3. The second-order valence-corrected chi connectivity index (χ2v) is 9.88. The Morgan fingerprint density at radius 2 is 1.52 bits per heavy atom. The van der Waals surface area contributed by atoms with Gasteiger partial charge in [0.1, 0.15) is 12.6 Å². The zero-order valence-corrected chi connectivity index (χ0v) is 19.0. The minimum atomic E-state index is -3.82. The molecule has 0 bridgehead atoms. The highest BCUT2D eigenvalue weighted by atomic mass is 35.5. The maximum Gasteiger partial charge on any atom is 0.264 e. The SMILES string of the molecule is O=S(=O)(c1ccccc1)N(CC(O)C[NH+]1CCCCC1)c1cccc2ccccc12.[Cl-]. The van der Waals surface area contributed by atoms with Crippen molar-refractivity contribution in [2.45, 2.75) is 30.3 Å². The van der Waals surface area contributed by atoms with E-state index in [9.17, 15) is 13.5 Å². The lowest BCUT2D eigenvalue weighted by Crippen LogP contribution is -3.14. The average molecular weight is 461 g/mol. The second kappa shape index (κ2) is 10.5. The first-order valence-electron chi connectivity index (χ1n) is 10.6. The van der Waals surface area contributed by atoms with Crippen molar-refractivity contribution in [3.8, 4) is 0 Å². The van der Waals surface area contributed by atoms with Crippen molar-refractivity contribution in [1.82, 2.24) is 0 Å². The quantitative estimate of drug-likeness (QED) is 0.498. The van der Waals surface area contributed by atoms with Crippen LogP contribution in [0.25, 0.3) is 10.8 Å². The molecule has 1 aliphatic heterocycles. The molecule has 1 fully saturated rings. The van der Waals surface area contributed by atoms with Gasteiger partial charge in [0.25, 0.3) is 10.0 Å². The van der Waals surface area contributed by atoms with Crippen molar-refractivity contribution in [2.24, 2.45) is 0 Å². The summed E-state index contributed by atoms with van der Waals surface area (Å²) in [6, 6.07) is 21.9. The Balaban J connectivity index is 0.00000272. The van der Waals surface area contributed by atoms with Crippen LogP contribution in [0.15, 0.2) is 77.7 Å². The number of anilines is 1. The number of halogens is 1. The van der Waals surface area contributed by atoms with Crippen molar-refractivity contribution in [2.75, 3.05) is 30.5 Å². The van der Waals surface area contributed by atoms with Crippen LogP contribution in [-0.4, -0.2) is 45.8 Å². The number of fused-ring (bicyclic) bond motifs is 1. The fourth-order valence-electron chi connectivity index (χ4n) is 4.32. The molecule has 5 nitrogen and oxygen atoms in total. The maximum atomic E-state index is 13.6. The third-order valence-corrected chi connectivity index (χ3v) is 7.62. The lowest BCUT2D eigenvalue weighted by molar-refractivity contribution is -0.907. The number of likely N-dealkylation sites (tertiary alicyclic amines) is 1. The van der Waals surface area contributed by atoms with Crippen molar-refractivity contribution in [1.29, 1.82) is 0 Å². The van der Waals surface area contributed by atoms with E-state index in [4.69, 9.17) is 0 Å². The van der Waals surface area contributed by atoms with Crippen LogP contribution in [0, 0.1) is 0 Å². The van der Waals surface area contributed by atoms with Gasteiger partial charge in [-0.05, 0) is 42.8 Å². The first kappa shape index (κ1) is 23.5. The highest BCUT2D eigenvalue weighted by molar-refractivity contribution is 7.92. The molecule has 4 rings (SSSR count). The number of aliphatic hydroxyl groups is 1. The Morgan fingerprint density at radius 3 is 2.26 bits per heavy atom. The molecular weight excluding hydrogens is 432 g/mol. The molecule has 1 unspecified atom stereocenters. The number of hydrogen-bond donors (Lipinski definition) is 2. The number of nitrogens with zero attached hydrogens (tertiary/aromatic N) is 1. The Labute approximate surface area is 190 Å². The van der Waals surface area contributed by atoms with E-state index in [1.54, 1.807) is 30.3 Å². The van der Waals surface area contributed by atoms with Crippen LogP contribution in [0.1, 0.15) is 19.3 Å². The number of piperidine rings is 1. The topological polar surface area (TPSA) is 62.0 Å². The van der Waals surface area contributed by atoms with E-state index in [-0.39, 0.29) is 23.8 Å². The number of sulfonamides is 1. The Kier molecular flexibility index (Phi) is 7.94. The molecule has 0 radical (unpaired) electrons. The minimum absolute atomic E-state index is 0. The third-order valence-electron chi connectivity index (χ3n) is 5.83. The van der Waals surface area contributed by atoms with Gasteiger partial charge in [-0.3, -0.25) is 4.31 Å². The van der Waals surface area contributed by atoms with Gasteiger partial charge >= 0.3 is 0 Å². The summed E-state index contributed by atoms with van der Waals surface area (Å²) in [5.74, 6) is 0. The van der Waals surface area contributed by atoms with Crippen molar-refractivity contribution >= 4 is 26.5 Å². The predicted octanol–water partition coefficient (Wildman–Crippen LogP) is -0.531. The highest BCUT2D eigenvalue weighted by Gasteiger charge is 2.30. The van der Waals surface area contributed by atoms with Gasteiger partial charge in [-0.25, -0.2) is 8.42 Å². The highest BCUT2D eigenvalue weighted by Crippen LogP contribution is 2.31. The molecule has 31 heavy (non-hydrogen) atoms. The summed E-state index contributed by atoms with van der Waals surface area (Å²) in [6.45, 7) is 2.67. The lowest BCUT2D eigenvalue weighted by atomic mass is 10.1. The monoisotopic (exact) mass is 460 g/mol. The van der Waals surface area contributed by atoms with E-state index in [2.05, 4.69) is 0 Å². The fourth-order valence-corrected chi connectivity index (χ4v) is 5.86.